The van der Waals surface area contributed by atoms with Crippen molar-refractivity contribution in [2.75, 3.05) is 0 Å². The van der Waals surface area contributed by atoms with Crippen molar-refractivity contribution in [1.29, 1.82) is 0 Å². The second kappa shape index (κ2) is 4.47. The fourth-order valence-corrected chi connectivity index (χ4v) is 1.62. The molecular formula is C9H12O3P+. The minimum atomic E-state index is -2.53. The van der Waals surface area contributed by atoms with Gasteiger partial charge in [-0.3, -0.25) is 0 Å². The second-order valence-corrected chi connectivity index (χ2v) is 3.53. The molecule has 3 nitrogen and oxygen atoms in total. The molecule has 1 aromatic rings. The molecule has 70 valence electrons. The van der Waals surface area contributed by atoms with Crippen molar-refractivity contribution in [3.8, 4) is 0 Å². The summed E-state index contributed by atoms with van der Waals surface area (Å²) in [6.45, 7) is 3.70. The summed E-state index contributed by atoms with van der Waals surface area (Å²) >= 11 is 0. The summed E-state index contributed by atoms with van der Waals surface area (Å²) in [6.07, 6.45) is -0.338. The molecule has 0 heterocycles. The zero-order valence-corrected chi connectivity index (χ0v) is 8.49. The van der Waals surface area contributed by atoms with Crippen LogP contribution in [0.25, 0.3) is 0 Å². The van der Waals surface area contributed by atoms with Crippen LogP contribution in [0.3, 0.4) is 0 Å². The lowest BCUT2D eigenvalue weighted by atomic mass is 10.1. The van der Waals surface area contributed by atoms with Crippen molar-refractivity contribution < 1.29 is 14.0 Å². The third-order valence-corrected chi connectivity index (χ3v) is 2.37. The van der Waals surface area contributed by atoms with Crippen molar-refractivity contribution in [1.82, 2.24) is 0 Å². The van der Waals surface area contributed by atoms with Gasteiger partial charge in [-0.05, 0) is 25.0 Å². The van der Waals surface area contributed by atoms with Crippen molar-refractivity contribution in [3.05, 3.63) is 35.4 Å². The quantitative estimate of drug-likeness (QED) is 0.761. The summed E-state index contributed by atoms with van der Waals surface area (Å²) in [6, 6.07) is 7.63. The topological polar surface area (TPSA) is 46.5 Å². The van der Waals surface area contributed by atoms with Crippen LogP contribution in [0.5, 0.6) is 0 Å². The summed E-state index contributed by atoms with van der Waals surface area (Å²) in [5.41, 5.74) is 2.01. The summed E-state index contributed by atoms with van der Waals surface area (Å²) in [4.78, 5) is 8.56. The van der Waals surface area contributed by atoms with Crippen LogP contribution in [0.1, 0.15) is 24.2 Å². The number of aryl methyl sites for hydroxylation is 1. The number of hydrogen-bond donors (Lipinski definition) is 1. The maximum Gasteiger partial charge on any atom is 0.695 e. The lowest BCUT2D eigenvalue weighted by molar-refractivity contribution is 0.208. The molecule has 0 saturated heterocycles. The standard InChI is InChI=1S/C9H11O3P/c1-7-5-3-4-6-9(7)8(2)12-13(10)11/h3-6,8H,1-2H3/p+1. The van der Waals surface area contributed by atoms with Crippen LogP contribution in [-0.4, -0.2) is 4.89 Å². The van der Waals surface area contributed by atoms with Gasteiger partial charge >= 0.3 is 8.25 Å². The molecule has 4 heteroatoms. The average Bonchev–Trinajstić information content (AvgIpc) is 2.03. The van der Waals surface area contributed by atoms with Gasteiger partial charge in [0, 0.05) is 4.57 Å². The zero-order valence-electron chi connectivity index (χ0n) is 7.60. The van der Waals surface area contributed by atoms with E-state index in [2.05, 4.69) is 0 Å². The Morgan fingerprint density at radius 2 is 2.08 bits per heavy atom. The molecule has 0 radical (unpaired) electrons. The first-order valence-corrected chi connectivity index (χ1v) is 5.12. The maximum absolute atomic E-state index is 10.4. The summed E-state index contributed by atoms with van der Waals surface area (Å²) in [7, 11) is -2.53. The third-order valence-electron chi connectivity index (χ3n) is 1.87. The van der Waals surface area contributed by atoms with Gasteiger partial charge < -0.3 is 0 Å². The first-order valence-electron chi connectivity index (χ1n) is 3.99. The van der Waals surface area contributed by atoms with E-state index in [-0.39, 0.29) is 6.10 Å². The van der Waals surface area contributed by atoms with Crippen LogP contribution in [-0.2, 0) is 9.09 Å². The molecule has 0 aliphatic rings. The molecule has 0 aliphatic heterocycles. The predicted octanol–water partition coefficient (Wildman–Crippen LogP) is 2.72. The van der Waals surface area contributed by atoms with Gasteiger partial charge in [0.1, 0.15) is 6.10 Å². The molecule has 0 spiro atoms. The molecule has 0 aromatic heterocycles. The molecule has 0 amide bonds. The predicted molar refractivity (Wildman–Crippen MR) is 50.5 cm³/mol. The number of hydrogen-bond acceptors (Lipinski definition) is 2. The Morgan fingerprint density at radius 1 is 1.46 bits per heavy atom. The van der Waals surface area contributed by atoms with Gasteiger partial charge in [-0.1, -0.05) is 24.3 Å². The highest BCUT2D eigenvalue weighted by Gasteiger charge is 2.21. The van der Waals surface area contributed by atoms with Gasteiger partial charge in [0.2, 0.25) is 0 Å². The normalized spacial score (nSPS) is 13.9. The monoisotopic (exact) mass is 199 g/mol. The Balaban J connectivity index is 2.82. The lowest BCUT2D eigenvalue weighted by Crippen LogP contribution is -1.96. The molecule has 0 fully saturated rings. The first kappa shape index (κ1) is 10.3. The van der Waals surface area contributed by atoms with Crippen molar-refractivity contribution in [2.24, 2.45) is 0 Å². The Bertz CT molecular complexity index is 311. The molecule has 1 rings (SSSR count). The van der Waals surface area contributed by atoms with Crippen LogP contribution < -0.4 is 0 Å². The third kappa shape index (κ3) is 2.88. The Morgan fingerprint density at radius 3 is 2.62 bits per heavy atom. The zero-order chi connectivity index (χ0) is 9.84. The molecule has 2 atom stereocenters. The van der Waals surface area contributed by atoms with E-state index in [4.69, 9.17) is 9.42 Å². The van der Waals surface area contributed by atoms with E-state index >= 15 is 0 Å². The van der Waals surface area contributed by atoms with E-state index in [0.717, 1.165) is 11.1 Å². The van der Waals surface area contributed by atoms with Crippen molar-refractivity contribution >= 4 is 8.25 Å². The highest BCUT2D eigenvalue weighted by Crippen LogP contribution is 2.29. The maximum atomic E-state index is 10.4. The van der Waals surface area contributed by atoms with Gasteiger partial charge in [-0.2, -0.15) is 0 Å². The van der Waals surface area contributed by atoms with Crippen LogP contribution in [0.15, 0.2) is 24.3 Å². The van der Waals surface area contributed by atoms with E-state index in [0.29, 0.717) is 0 Å². The van der Waals surface area contributed by atoms with Gasteiger partial charge in [-0.25, -0.2) is 0 Å². The van der Waals surface area contributed by atoms with Crippen molar-refractivity contribution in [2.45, 2.75) is 20.0 Å². The molecule has 0 saturated carbocycles. The lowest BCUT2D eigenvalue weighted by Gasteiger charge is -2.07. The van der Waals surface area contributed by atoms with E-state index in [1.165, 1.54) is 0 Å². The highest BCUT2D eigenvalue weighted by atomic mass is 31.1. The Labute approximate surface area is 78.3 Å². The average molecular weight is 199 g/mol. The fraction of sp³-hybridized carbons (Fsp3) is 0.333. The van der Waals surface area contributed by atoms with Crippen LogP contribution in [0.4, 0.5) is 0 Å². The number of rotatable bonds is 3. The van der Waals surface area contributed by atoms with Crippen molar-refractivity contribution in [3.63, 3.8) is 0 Å². The molecule has 0 bridgehead atoms. The summed E-state index contributed by atoms with van der Waals surface area (Å²) in [5, 5.41) is 0. The van der Waals surface area contributed by atoms with E-state index in [1.54, 1.807) is 6.92 Å². The second-order valence-electron chi connectivity index (χ2n) is 2.84. The van der Waals surface area contributed by atoms with E-state index < -0.39 is 8.25 Å². The van der Waals surface area contributed by atoms with Crippen LogP contribution in [0.2, 0.25) is 0 Å². The number of benzene rings is 1. The SMILES string of the molecule is Cc1ccccc1C(C)O[P+](=O)O. The largest absolute Gasteiger partial charge is 0.695 e. The molecule has 0 aliphatic carbocycles. The van der Waals surface area contributed by atoms with E-state index in [9.17, 15) is 4.57 Å². The molecular weight excluding hydrogens is 187 g/mol. The van der Waals surface area contributed by atoms with Gasteiger partial charge in [-0.15, -0.1) is 9.42 Å². The molecule has 1 aromatic carbocycles. The van der Waals surface area contributed by atoms with Gasteiger partial charge in [0.05, 0.1) is 0 Å². The molecule has 2 unspecified atom stereocenters. The van der Waals surface area contributed by atoms with Gasteiger partial charge in [0.25, 0.3) is 0 Å². The van der Waals surface area contributed by atoms with Gasteiger partial charge in [0.15, 0.2) is 0 Å². The highest BCUT2D eigenvalue weighted by molar-refractivity contribution is 7.32. The minimum Gasteiger partial charge on any atom is -0.133 e. The molecule has 1 N–H and O–H groups in total. The summed E-state index contributed by atoms with van der Waals surface area (Å²) < 4.78 is 15.2. The fourth-order valence-electron chi connectivity index (χ4n) is 1.23. The first-order chi connectivity index (χ1) is 6.11. The van der Waals surface area contributed by atoms with Crippen LogP contribution in [0, 0.1) is 6.92 Å². The van der Waals surface area contributed by atoms with E-state index in [1.807, 2.05) is 31.2 Å². The van der Waals surface area contributed by atoms with Crippen LogP contribution >= 0.6 is 8.25 Å². The minimum absolute atomic E-state index is 0.338. The Kier molecular flexibility index (Phi) is 3.55. The smallest absolute Gasteiger partial charge is 0.133 e. The molecule has 13 heavy (non-hydrogen) atoms. The Hall–Kier alpha value is -0.760. The summed E-state index contributed by atoms with van der Waals surface area (Å²) in [5.74, 6) is 0.